The molecule has 2 fully saturated rings. The van der Waals surface area contributed by atoms with E-state index < -0.39 is 12.7 Å². The van der Waals surface area contributed by atoms with Gasteiger partial charge in [-0.3, -0.25) is 4.90 Å². The molecule has 82 valence electrons. The minimum atomic E-state index is -4.07. The minimum Gasteiger partial charge on any atom is -0.328 e. The topological polar surface area (TPSA) is 29.3 Å². The summed E-state index contributed by atoms with van der Waals surface area (Å²) in [5, 5.41) is 0. The smallest absolute Gasteiger partial charge is 0.328 e. The summed E-state index contributed by atoms with van der Waals surface area (Å²) in [4.78, 5) is 1.60. The number of nitrogens with two attached hydrogens (primary N) is 1. The zero-order chi connectivity index (χ0) is 10.3. The van der Waals surface area contributed by atoms with E-state index in [9.17, 15) is 13.2 Å². The Hall–Kier alpha value is -0.290. The van der Waals surface area contributed by atoms with Crippen LogP contribution in [0, 0.1) is 0 Å². The molecule has 2 heterocycles. The molecule has 5 heteroatoms. The van der Waals surface area contributed by atoms with Crippen LogP contribution in [0.5, 0.6) is 0 Å². The van der Waals surface area contributed by atoms with Crippen LogP contribution in [-0.2, 0) is 0 Å². The molecule has 2 aliphatic rings. The molecule has 0 aliphatic carbocycles. The first kappa shape index (κ1) is 10.2. The number of fused-ring (bicyclic) bond motifs is 2. The lowest BCUT2D eigenvalue weighted by molar-refractivity contribution is -0.155. The van der Waals surface area contributed by atoms with Crippen LogP contribution in [0.3, 0.4) is 0 Å². The fourth-order valence-electron chi connectivity index (χ4n) is 2.78. The molecule has 0 radical (unpaired) electrons. The van der Waals surface area contributed by atoms with Gasteiger partial charge in [0.1, 0.15) is 0 Å². The van der Waals surface area contributed by atoms with Crippen molar-refractivity contribution in [2.24, 2.45) is 5.73 Å². The van der Waals surface area contributed by atoms with E-state index in [2.05, 4.69) is 0 Å². The van der Waals surface area contributed by atoms with E-state index in [4.69, 9.17) is 5.73 Å². The third-order valence-corrected chi connectivity index (χ3v) is 3.28. The first-order chi connectivity index (χ1) is 6.46. The largest absolute Gasteiger partial charge is 0.401 e. The van der Waals surface area contributed by atoms with Crippen LogP contribution in [0.1, 0.15) is 25.7 Å². The van der Waals surface area contributed by atoms with Crippen molar-refractivity contribution in [1.29, 1.82) is 0 Å². The number of rotatable bonds is 1. The summed E-state index contributed by atoms with van der Waals surface area (Å²) in [6.45, 7) is -0.755. The number of hydrogen-bond donors (Lipinski definition) is 1. The Kier molecular flexibility index (Phi) is 2.47. The van der Waals surface area contributed by atoms with Crippen molar-refractivity contribution in [3.8, 4) is 0 Å². The molecule has 0 aromatic rings. The Morgan fingerprint density at radius 3 is 2.07 bits per heavy atom. The monoisotopic (exact) mass is 208 g/mol. The highest BCUT2D eigenvalue weighted by molar-refractivity contribution is 4.97. The Morgan fingerprint density at radius 2 is 1.64 bits per heavy atom. The zero-order valence-corrected chi connectivity index (χ0v) is 7.93. The summed E-state index contributed by atoms with van der Waals surface area (Å²) in [6.07, 6.45) is -0.843. The first-order valence-corrected chi connectivity index (χ1v) is 5.04. The van der Waals surface area contributed by atoms with Crippen LogP contribution in [0.15, 0.2) is 0 Å². The summed E-state index contributed by atoms with van der Waals surface area (Å²) in [6, 6.07) is 0.257. The zero-order valence-electron chi connectivity index (χ0n) is 7.93. The quantitative estimate of drug-likeness (QED) is 0.707. The van der Waals surface area contributed by atoms with E-state index in [1.54, 1.807) is 4.90 Å². The van der Waals surface area contributed by atoms with Crippen molar-refractivity contribution < 1.29 is 13.2 Å². The van der Waals surface area contributed by atoms with Crippen LogP contribution in [0.2, 0.25) is 0 Å². The summed E-state index contributed by atoms with van der Waals surface area (Å²) < 4.78 is 36.7. The van der Waals surface area contributed by atoms with Gasteiger partial charge in [0, 0.05) is 18.1 Å². The number of alkyl halides is 3. The Bertz CT molecular complexity index is 203. The van der Waals surface area contributed by atoms with E-state index in [1.807, 2.05) is 0 Å². The van der Waals surface area contributed by atoms with Gasteiger partial charge in [0.05, 0.1) is 6.54 Å². The van der Waals surface area contributed by atoms with Crippen LogP contribution < -0.4 is 5.73 Å². The average molecular weight is 208 g/mol. The molecule has 0 saturated carbocycles. The Balaban J connectivity index is 2.01. The van der Waals surface area contributed by atoms with E-state index >= 15 is 0 Å². The van der Waals surface area contributed by atoms with Crippen LogP contribution >= 0.6 is 0 Å². The molecule has 0 amide bonds. The van der Waals surface area contributed by atoms with Crippen molar-refractivity contribution in [3.05, 3.63) is 0 Å². The maximum atomic E-state index is 12.2. The van der Waals surface area contributed by atoms with E-state index in [-0.39, 0.29) is 18.1 Å². The lowest BCUT2D eigenvalue weighted by atomic mass is 9.98. The molecule has 2 nitrogen and oxygen atoms in total. The lowest BCUT2D eigenvalue weighted by Gasteiger charge is -2.37. The molecule has 2 unspecified atom stereocenters. The number of nitrogens with zero attached hydrogens (tertiary/aromatic N) is 1. The Morgan fingerprint density at radius 1 is 1.14 bits per heavy atom. The molecule has 0 aromatic carbocycles. The number of piperidine rings is 1. The van der Waals surface area contributed by atoms with Gasteiger partial charge in [-0.1, -0.05) is 0 Å². The van der Waals surface area contributed by atoms with Gasteiger partial charge in [-0.2, -0.15) is 13.2 Å². The number of hydrogen-bond acceptors (Lipinski definition) is 2. The van der Waals surface area contributed by atoms with Gasteiger partial charge in [-0.05, 0) is 25.7 Å². The molecule has 14 heavy (non-hydrogen) atoms. The van der Waals surface area contributed by atoms with Crippen molar-refractivity contribution in [3.63, 3.8) is 0 Å². The van der Waals surface area contributed by atoms with Gasteiger partial charge in [-0.15, -0.1) is 0 Å². The fourth-order valence-corrected chi connectivity index (χ4v) is 2.78. The summed E-state index contributed by atoms with van der Waals surface area (Å²) >= 11 is 0. The number of halogens is 3. The standard InChI is InChI=1S/C9H15F3N2/c10-9(11,12)5-14-7-1-2-8(14)4-6(13)3-7/h6-8H,1-5,13H2. The summed E-state index contributed by atoms with van der Waals surface area (Å²) in [7, 11) is 0. The van der Waals surface area contributed by atoms with Crippen molar-refractivity contribution >= 4 is 0 Å². The highest BCUT2D eigenvalue weighted by Crippen LogP contribution is 2.36. The Labute approximate surface area is 81.2 Å². The highest BCUT2D eigenvalue weighted by atomic mass is 19.4. The van der Waals surface area contributed by atoms with Crippen LogP contribution in [0.4, 0.5) is 13.2 Å². The molecule has 2 atom stereocenters. The third-order valence-electron chi connectivity index (χ3n) is 3.28. The van der Waals surface area contributed by atoms with Crippen molar-refractivity contribution in [2.75, 3.05) is 6.54 Å². The summed E-state index contributed by atoms with van der Waals surface area (Å²) in [5.74, 6) is 0. The predicted molar refractivity (Wildman–Crippen MR) is 46.8 cm³/mol. The first-order valence-electron chi connectivity index (χ1n) is 5.04. The molecule has 2 saturated heterocycles. The summed E-state index contributed by atoms with van der Waals surface area (Å²) in [5.41, 5.74) is 5.77. The van der Waals surface area contributed by atoms with Crippen molar-refractivity contribution in [2.45, 2.75) is 50.0 Å². The highest BCUT2D eigenvalue weighted by Gasteiger charge is 2.44. The van der Waals surface area contributed by atoms with Crippen molar-refractivity contribution in [1.82, 2.24) is 4.90 Å². The lowest BCUT2D eigenvalue weighted by Crippen LogP contribution is -2.50. The normalized spacial score (nSPS) is 39.0. The average Bonchev–Trinajstić information content (AvgIpc) is 2.31. The van der Waals surface area contributed by atoms with Gasteiger partial charge >= 0.3 is 6.18 Å². The molecule has 2 rings (SSSR count). The molecule has 2 N–H and O–H groups in total. The maximum Gasteiger partial charge on any atom is 0.401 e. The van der Waals surface area contributed by atoms with Gasteiger partial charge in [0.15, 0.2) is 0 Å². The molecule has 0 aromatic heterocycles. The van der Waals surface area contributed by atoms with Crippen LogP contribution in [0.25, 0.3) is 0 Å². The molecule has 2 bridgehead atoms. The minimum absolute atomic E-state index is 0.0744. The third kappa shape index (κ3) is 2.03. The molecule has 2 aliphatic heterocycles. The second kappa shape index (κ2) is 3.38. The second-order valence-corrected chi connectivity index (χ2v) is 4.40. The maximum absolute atomic E-state index is 12.2. The second-order valence-electron chi connectivity index (χ2n) is 4.40. The molecule has 0 spiro atoms. The van der Waals surface area contributed by atoms with Gasteiger partial charge in [-0.25, -0.2) is 0 Å². The van der Waals surface area contributed by atoms with E-state index in [1.165, 1.54) is 0 Å². The van der Waals surface area contributed by atoms with Crippen LogP contribution in [-0.4, -0.2) is 35.7 Å². The SMILES string of the molecule is NC1CC2CCC(C1)N2CC(F)(F)F. The fraction of sp³-hybridized carbons (Fsp3) is 1.00. The van der Waals surface area contributed by atoms with E-state index in [0.29, 0.717) is 0 Å². The van der Waals surface area contributed by atoms with Gasteiger partial charge in [0.25, 0.3) is 0 Å². The molecular weight excluding hydrogens is 193 g/mol. The van der Waals surface area contributed by atoms with Gasteiger partial charge in [0.2, 0.25) is 0 Å². The predicted octanol–water partition coefficient (Wildman–Crippen LogP) is 1.50. The van der Waals surface area contributed by atoms with E-state index in [0.717, 1.165) is 25.7 Å². The molecular formula is C9H15F3N2. The van der Waals surface area contributed by atoms with Gasteiger partial charge < -0.3 is 5.73 Å².